The van der Waals surface area contributed by atoms with Crippen molar-refractivity contribution in [2.75, 3.05) is 18.1 Å². The molecule has 2 aliphatic rings. The van der Waals surface area contributed by atoms with E-state index in [9.17, 15) is 10.1 Å². The van der Waals surface area contributed by atoms with Crippen LogP contribution in [0.1, 0.15) is 30.5 Å². The van der Waals surface area contributed by atoms with E-state index in [1.165, 1.54) is 28.9 Å². The molecule has 5 nitrogen and oxygen atoms in total. The Balaban J connectivity index is 1.74. The van der Waals surface area contributed by atoms with Crippen LogP contribution in [0.25, 0.3) is 6.08 Å². The minimum Gasteiger partial charge on any atom is -0.349 e. The van der Waals surface area contributed by atoms with E-state index >= 15 is 0 Å². The number of hydrogen-bond donors (Lipinski definition) is 0. The molecular weight excluding hydrogens is 328 g/mol. The van der Waals surface area contributed by atoms with Gasteiger partial charge in [0.05, 0.1) is 11.5 Å². The van der Waals surface area contributed by atoms with Crippen LogP contribution in [0.4, 0.5) is 11.4 Å². The number of hydrogen-bond acceptors (Lipinski definition) is 4. The molecule has 0 amide bonds. The van der Waals surface area contributed by atoms with Crippen LogP contribution in [0.5, 0.6) is 0 Å². The molecule has 0 saturated carbocycles. The number of nitrogens with zero attached hydrogens (tertiary/aromatic N) is 2. The van der Waals surface area contributed by atoms with Crippen molar-refractivity contribution in [1.29, 1.82) is 0 Å². The third kappa shape index (κ3) is 2.27. The predicted octanol–water partition coefficient (Wildman–Crippen LogP) is 4.44. The molecule has 5 heteroatoms. The van der Waals surface area contributed by atoms with Crippen molar-refractivity contribution >= 4 is 17.5 Å². The number of non-ortho nitro benzene ring substituents is 1. The first-order valence-corrected chi connectivity index (χ1v) is 8.82. The molecule has 1 saturated heterocycles. The molecule has 0 radical (unpaired) electrons. The summed E-state index contributed by atoms with van der Waals surface area (Å²) in [5.74, 6) is 0. The number of benzene rings is 2. The van der Waals surface area contributed by atoms with Gasteiger partial charge in [0.2, 0.25) is 0 Å². The fraction of sp³-hybridized carbons (Fsp3) is 0.333. The summed E-state index contributed by atoms with van der Waals surface area (Å²) in [6.45, 7) is 8.08. The zero-order valence-corrected chi connectivity index (χ0v) is 15.2. The van der Waals surface area contributed by atoms with Crippen LogP contribution in [0.3, 0.4) is 0 Å². The molecule has 0 aliphatic carbocycles. The van der Waals surface area contributed by atoms with E-state index in [-0.39, 0.29) is 16.0 Å². The van der Waals surface area contributed by atoms with Gasteiger partial charge in [0.1, 0.15) is 0 Å². The second kappa shape index (κ2) is 5.68. The fourth-order valence-electron chi connectivity index (χ4n) is 4.20. The lowest BCUT2D eigenvalue weighted by atomic mass is 9.77. The average Bonchev–Trinajstić information content (AvgIpc) is 3.11. The Labute approximate surface area is 153 Å². The summed E-state index contributed by atoms with van der Waals surface area (Å²) < 4.78 is 6.32. The molecule has 2 heterocycles. The molecule has 1 unspecified atom stereocenters. The molecule has 2 aromatic carbocycles. The van der Waals surface area contributed by atoms with Crippen LogP contribution < -0.4 is 4.90 Å². The maximum Gasteiger partial charge on any atom is 0.269 e. The summed E-state index contributed by atoms with van der Waals surface area (Å²) >= 11 is 0. The molecule has 1 fully saturated rings. The highest BCUT2D eigenvalue weighted by molar-refractivity contribution is 5.70. The van der Waals surface area contributed by atoms with E-state index < -0.39 is 5.72 Å². The number of rotatable bonds is 3. The fourth-order valence-corrected chi connectivity index (χ4v) is 4.20. The van der Waals surface area contributed by atoms with Gasteiger partial charge in [0.25, 0.3) is 5.69 Å². The van der Waals surface area contributed by atoms with E-state index in [4.69, 9.17) is 4.74 Å². The molecule has 134 valence electrons. The number of ether oxygens (including phenoxy) is 1. The zero-order chi connectivity index (χ0) is 18.5. The molecule has 2 aliphatic heterocycles. The minimum absolute atomic E-state index is 0.100. The van der Waals surface area contributed by atoms with Gasteiger partial charge in [-0.3, -0.25) is 10.1 Å². The first-order chi connectivity index (χ1) is 12.3. The Kier molecular flexibility index (Phi) is 3.66. The lowest BCUT2D eigenvalue weighted by Crippen LogP contribution is -2.51. The Morgan fingerprint density at radius 1 is 1.19 bits per heavy atom. The van der Waals surface area contributed by atoms with Crippen molar-refractivity contribution in [2.45, 2.75) is 31.9 Å². The molecule has 26 heavy (non-hydrogen) atoms. The van der Waals surface area contributed by atoms with E-state index in [2.05, 4.69) is 49.9 Å². The van der Waals surface area contributed by atoms with Crippen molar-refractivity contribution in [1.82, 2.24) is 0 Å². The van der Waals surface area contributed by atoms with Crippen LogP contribution >= 0.6 is 0 Å². The first-order valence-electron chi connectivity index (χ1n) is 8.82. The lowest BCUT2D eigenvalue weighted by Gasteiger charge is -2.39. The van der Waals surface area contributed by atoms with E-state index in [1.807, 2.05) is 6.08 Å². The van der Waals surface area contributed by atoms with Gasteiger partial charge < -0.3 is 9.64 Å². The summed E-state index contributed by atoms with van der Waals surface area (Å²) in [6.07, 6.45) is 4.11. The Morgan fingerprint density at radius 2 is 1.92 bits per heavy atom. The van der Waals surface area contributed by atoms with Gasteiger partial charge in [-0.25, -0.2) is 0 Å². The van der Waals surface area contributed by atoms with E-state index in [1.54, 1.807) is 12.1 Å². The number of aryl methyl sites for hydroxylation is 1. The molecule has 0 spiro atoms. The summed E-state index contributed by atoms with van der Waals surface area (Å²) in [6, 6.07) is 13.2. The Morgan fingerprint density at radius 3 is 2.62 bits per heavy atom. The topological polar surface area (TPSA) is 55.6 Å². The van der Waals surface area contributed by atoms with Crippen molar-refractivity contribution in [3.05, 3.63) is 75.3 Å². The summed E-state index contributed by atoms with van der Waals surface area (Å²) in [4.78, 5) is 12.8. The van der Waals surface area contributed by atoms with Gasteiger partial charge in [0, 0.05) is 29.8 Å². The Bertz CT molecular complexity index is 902. The second-order valence-corrected chi connectivity index (χ2v) is 7.52. The van der Waals surface area contributed by atoms with Gasteiger partial charge >= 0.3 is 0 Å². The monoisotopic (exact) mass is 350 g/mol. The molecular formula is C21H22N2O3. The van der Waals surface area contributed by atoms with Crippen LogP contribution in [0.2, 0.25) is 0 Å². The third-order valence-electron chi connectivity index (χ3n) is 5.66. The smallest absolute Gasteiger partial charge is 0.269 e. The normalized spacial score (nSPS) is 23.3. The highest BCUT2D eigenvalue weighted by Crippen LogP contribution is 2.55. The molecule has 4 rings (SSSR count). The molecule has 0 aromatic heterocycles. The molecule has 0 N–H and O–H groups in total. The standard InChI is InChI=1S/C21H22N2O3/c1-15-4-9-19-18(14-15)20(2,3)21(22(19)12-13-26-21)11-10-16-5-7-17(8-6-16)23(24)25/h4-11,14H,12-13H2,1-3H3/b11-10+. The summed E-state index contributed by atoms with van der Waals surface area (Å²) in [5.41, 5.74) is 4.04. The van der Waals surface area contributed by atoms with Crippen molar-refractivity contribution in [3.8, 4) is 0 Å². The largest absolute Gasteiger partial charge is 0.349 e. The highest BCUT2D eigenvalue weighted by atomic mass is 16.6. The average molecular weight is 350 g/mol. The number of nitro groups is 1. The Hall–Kier alpha value is -2.66. The second-order valence-electron chi connectivity index (χ2n) is 7.52. The molecule has 1 atom stereocenters. The minimum atomic E-state index is -0.537. The van der Waals surface area contributed by atoms with Crippen LogP contribution in [0, 0.1) is 17.0 Å². The van der Waals surface area contributed by atoms with E-state index in [0.717, 1.165) is 12.1 Å². The van der Waals surface area contributed by atoms with Crippen molar-refractivity contribution in [2.24, 2.45) is 0 Å². The number of anilines is 1. The van der Waals surface area contributed by atoms with Crippen LogP contribution in [0.15, 0.2) is 48.5 Å². The van der Waals surface area contributed by atoms with Gasteiger partial charge in [-0.1, -0.05) is 37.6 Å². The highest BCUT2D eigenvalue weighted by Gasteiger charge is 2.59. The summed E-state index contributed by atoms with van der Waals surface area (Å²) in [5, 5.41) is 10.8. The third-order valence-corrected chi connectivity index (χ3v) is 5.66. The van der Waals surface area contributed by atoms with Gasteiger partial charge in [0.15, 0.2) is 5.72 Å². The lowest BCUT2D eigenvalue weighted by molar-refractivity contribution is -0.384. The zero-order valence-electron chi connectivity index (χ0n) is 15.2. The maximum absolute atomic E-state index is 10.8. The van der Waals surface area contributed by atoms with Crippen molar-refractivity contribution < 1.29 is 9.66 Å². The number of fused-ring (bicyclic) bond motifs is 3. The van der Waals surface area contributed by atoms with Crippen LogP contribution in [-0.2, 0) is 10.2 Å². The van der Waals surface area contributed by atoms with Gasteiger partial charge in [-0.05, 0) is 42.3 Å². The maximum atomic E-state index is 10.8. The number of nitro benzene ring substituents is 1. The molecule has 2 aromatic rings. The quantitative estimate of drug-likeness (QED) is 0.606. The van der Waals surface area contributed by atoms with Crippen molar-refractivity contribution in [3.63, 3.8) is 0 Å². The predicted molar refractivity (Wildman–Crippen MR) is 102 cm³/mol. The summed E-state index contributed by atoms with van der Waals surface area (Å²) in [7, 11) is 0. The van der Waals surface area contributed by atoms with Gasteiger partial charge in [-0.2, -0.15) is 0 Å². The first kappa shape index (κ1) is 16.8. The van der Waals surface area contributed by atoms with Crippen LogP contribution in [-0.4, -0.2) is 23.8 Å². The SMILES string of the molecule is Cc1ccc2c(c1)C(C)(C)C1(/C=C/c3ccc([N+](=O)[O-])cc3)OCCN21. The molecule has 0 bridgehead atoms. The van der Waals surface area contributed by atoms with Gasteiger partial charge in [-0.15, -0.1) is 0 Å². The van der Waals surface area contributed by atoms with E-state index in [0.29, 0.717) is 6.61 Å².